The molecule has 1 heterocycles. The lowest BCUT2D eigenvalue weighted by atomic mass is 10.1. The molecule has 0 saturated carbocycles. The molecule has 6 nitrogen and oxygen atoms in total. The van der Waals surface area contributed by atoms with Gasteiger partial charge in [0.05, 0.1) is 30.9 Å². The van der Waals surface area contributed by atoms with E-state index >= 15 is 0 Å². The Labute approximate surface area is 163 Å². The smallest absolute Gasteiger partial charge is 0.267 e. The molecule has 1 amide bonds. The average molecular weight is 374 g/mol. The maximum absolute atomic E-state index is 12.6. The molecule has 0 spiro atoms. The van der Waals surface area contributed by atoms with E-state index in [2.05, 4.69) is 22.4 Å². The molecule has 4 rings (SSSR count). The van der Waals surface area contributed by atoms with Gasteiger partial charge in [0.15, 0.2) is 0 Å². The molecule has 1 aliphatic carbocycles. The summed E-state index contributed by atoms with van der Waals surface area (Å²) < 4.78 is 7.34. The van der Waals surface area contributed by atoms with E-state index in [9.17, 15) is 4.79 Å². The van der Waals surface area contributed by atoms with Crippen molar-refractivity contribution < 1.29 is 9.53 Å². The number of aromatic nitrogens is 2. The van der Waals surface area contributed by atoms with Crippen LogP contribution in [-0.4, -0.2) is 22.6 Å². The van der Waals surface area contributed by atoms with Crippen molar-refractivity contribution in [2.75, 3.05) is 7.11 Å². The second-order valence-corrected chi connectivity index (χ2v) is 6.76. The Balaban J connectivity index is 1.51. The fourth-order valence-corrected chi connectivity index (χ4v) is 3.59. The Morgan fingerprint density at radius 1 is 1.32 bits per heavy atom. The zero-order chi connectivity index (χ0) is 19.5. The Hall–Kier alpha value is -3.54. The number of fused-ring (bicyclic) bond motifs is 1. The van der Waals surface area contributed by atoms with Crippen molar-refractivity contribution in [3.8, 4) is 11.4 Å². The minimum atomic E-state index is -0.264. The maximum atomic E-state index is 12.6. The van der Waals surface area contributed by atoms with E-state index in [1.165, 1.54) is 11.1 Å². The Bertz CT molecular complexity index is 1020. The largest absolute Gasteiger partial charge is 0.495 e. The van der Waals surface area contributed by atoms with Gasteiger partial charge in [-0.3, -0.25) is 4.79 Å². The number of hydrogen-bond donors (Lipinski definition) is 2. The first-order valence-corrected chi connectivity index (χ1v) is 9.18. The quantitative estimate of drug-likeness (QED) is 0.673. The molecule has 0 radical (unpaired) electrons. The predicted octanol–water partition coefficient (Wildman–Crippen LogP) is 2.98. The molecule has 1 unspecified atom stereocenters. The first-order valence-electron chi connectivity index (χ1n) is 9.18. The number of nitrogens with zero attached hydrogens (tertiary/aromatic N) is 2. The summed E-state index contributed by atoms with van der Waals surface area (Å²) in [5.74, 6) is 0.407. The minimum absolute atomic E-state index is 0.00815. The van der Waals surface area contributed by atoms with Crippen molar-refractivity contribution in [2.24, 2.45) is 5.73 Å². The molecule has 1 aromatic heterocycles. The SMILES string of the molecule is COc1cc(/C=C(\N)C(=O)NC2CCc3ccccc32)ccc1-n1ccnc1. The molecule has 6 heteroatoms. The van der Waals surface area contributed by atoms with Gasteiger partial charge in [-0.25, -0.2) is 4.98 Å². The number of carbonyl (C=O) groups excluding carboxylic acids is 1. The molecule has 0 saturated heterocycles. The summed E-state index contributed by atoms with van der Waals surface area (Å²) in [6, 6.07) is 13.8. The number of rotatable bonds is 5. The van der Waals surface area contributed by atoms with Gasteiger partial charge in [0.2, 0.25) is 0 Å². The first kappa shape index (κ1) is 17.9. The van der Waals surface area contributed by atoms with Gasteiger partial charge in [-0.15, -0.1) is 0 Å². The lowest BCUT2D eigenvalue weighted by Gasteiger charge is -2.14. The number of hydrogen-bond acceptors (Lipinski definition) is 4. The lowest BCUT2D eigenvalue weighted by molar-refractivity contribution is -0.118. The van der Waals surface area contributed by atoms with Crippen LogP contribution in [-0.2, 0) is 11.2 Å². The summed E-state index contributed by atoms with van der Waals surface area (Å²) in [6.07, 6.45) is 8.78. The van der Waals surface area contributed by atoms with Crippen molar-refractivity contribution in [1.82, 2.24) is 14.9 Å². The topological polar surface area (TPSA) is 82.2 Å². The summed E-state index contributed by atoms with van der Waals surface area (Å²) >= 11 is 0. The number of carbonyl (C=O) groups is 1. The number of nitrogens with one attached hydrogen (secondary N) is 1. The molecule has 28 heavy (non-hydrogen) atoms. The maximum Gasteiger partial charge on any atom is 0.267 e. The van der Waals surface area contributed by atoms with Gasteiger partial charge in [0, 0.05) is 12.4 Å². The van der Waals surface area contributed by atoms with Crippen LogP contribution in [0.25, 0.3) is 11.8 Å². The monoisotopic (exact) mass is 374 g/mol. The number of benzene rings is 2. The van der Waals surface area contributed by atoms with Crippen LogP contribution in [0.2, 0.25) is 0 Å². The third-order valence-electron chi connectivity index (χ3n) is 5.01. The first-order chi connectivity index (χ1) is 13.7. The second-order valence-electron chi connectivity index (χ2n) is 6.76. The zero-order valence-corrected chi connectivity index (χ0v) is 15.6. The number of imidazole rings is 1. The summed E-state index contributed by atoms with van der Waals surface area (Å²) in [7, 11) is 1.61. The van der Waals surface area contributed by atoms with Gasteiger partial charge in [0.25, 0.3) is 5.91 Å². The van der Waals surface area contributed by atoms with Crippen LogP contribution in [0.3, 0.4) is 0 Å². The number of ether oxygens (including phenoxy) is 1. The highest BCUT2D eigenvalue weighted by Crippen LogP contribution is 2.31. The van der Waals surface area contributed by atoms with Crippen LogP contribution < -0.4 is 15.8 Å². The molecule has 142 valence electrons. The summed E-state index contributed by atoms with van der Waals surface area (Å²) in [4.78, 5) is 16.6. The molecule has 3 aromatic rings. The number of aryl methyl sites for hydroxylation is 1. The normalized spacial score (nSPS) is 15.9. The van der Waals surface area contributed by atoms with Crippen LogP contribution in [0, 0.1) is 0 Å². The van der Waals surface area contributed by atoms with Crippen LogP contribution in [0.4, 0.5) is 0 Å². The van der Waals surface area contributed by atoms with Crippen molar-refractivity contribution >= 4 is 12.0 Å². The number of amides is 1. The highest BCUT2D eigenvalue weighted by molar-refractivity contribution is 5.97. The highest BCUT2D eigenvalue weighted by atomic mass is 16.5. The summed E-state index contributed by atoms with van der Waals surface area (Å²) in [5, 5.41) is 3.04. The van der Waals surface area contributed by atoms with E-state index < -0.39 is 0 Å². The van der Waals surface area contributed by atoms with E-state index in [-0.39, 0.29) is 17.6 Å². The minimum Gasteiger partial charge on any atom is -0.495 e. The highest BCUT2D eigenvalue weighted by Gasteiger charge is 2.23. The number of methoxy groups -OCH3 is 1. The van der Waals surface area contributed by atoms with E-state index in [4.69, 9.17) is 10.5 Å². The van der Waals surface area contributed by atoms with Crippen molar-refractivity contribution in [3.63, 3.8) is 0 Å². The van der Waals surface area contributed by atoms with Gasteiger partial charge in [-0.1, -0.05) is 30.3 Å². The number of nitrogens with two attached hydrogens (primary N) is 1. The van der Waals surface area contributed by atoms with Crippen LogP contribution in [0.1, 0.15) is 29.2 Å². The molecule has 3 N–H and O–H groups in total. The van der Waals surface area contributed by atoms with Crippen LogP contribution in [0.15, 0.2) is 66.9 Å². The molecule has 1 aliphatic rings. The molecule has 1 atom stereocenters. The molecular formula is C22H22N4O2. The average Bonchev–Trinajstić information content (AvgIpc) is 3.38. The van der Waals surface area contributed by atoms with Crippen molar-refractivity contribution in [3.05, 3.63) is 83.6 Å². The molecule has 0 fully saturated rings. The Kier molecular flexibility index (Phi) is 4.85. The van der Waals surface area contributed by atoms with Crippen LogP contribution >= 0.6 is 0 Å². The fraction of sp³-hybridized carbons (Fsp3) is 0.182. The Morgan fingerprint density at radius 2 is 2.18 bits per heavy atom. The van der Waals surface area contributed by atoms with E-state index in [0.717, 1.165) is 24.1 Å². The Morgan fingerprint density at radius 3 is 2.96 bits per heavy atom. The van der Waals surface area contributed by atoms with Gasteiger partial charge < -0.3 is 20.4 Å². The summed E-state index contributed by atoms with van der Waals surface area (Å²) in [5.41, 5.74) is 10.4. The van der Waals surface area contributed by atoms with E-state index in [0.29, 0.717) is 5.75 Å². The predicted molar refractivity (Wildman–Crippen MR) is 108 cm³/mol. The molecule has 0 aliphatic heterocycles. The van der Waals surface area contributed by atoms with Crippen molar-refractivity contribution in [2.45, 2.75) is 18.9 Å². The third kappa shape index (κ3) is 3.49. The third-order valence-corrected chi connectivity index (χ3v) is 5.01. The molecular weight excluding hydrogens is 352 g/mol. The summed E-state index contributed by atoms with van der Waals surface area (Å²) in [6.45, 7) is 0. The van der Waals surface area contributed by atoms with Gasteiger partial charge >= 0.3 is 0 Å². The fourth-order valence-electron chi connectivity index (χ4n) is 3.59. The zero-order valence-electron chi connectivity index (χ0n) is 15.6. The van der Waals surface area contributed by atoms with E-state index in [1.807, 2.05) is 41.1 Å². The second kappa shape index (κ2) is 7.60. The van der Waals surface area contributed by atoms with Gasteiger partial charge in [-0.2, -0.15) is 0 Å². The lowest BCUT2D eigenvalue weighted by Crippen LogP contribution is -2.31. The van der Waals surface area contributed by atoms with Crippen molar-refractivity contribution in [1.29, 1.82) is 0 Å². The molecule has 0 bridgehead atoms. The van der Waals surface area contributed by atoms with Gasteiger partial charge in [-0.05, 0) is 47.7 Å². The van der Waals surface area contributed by atoms with Crippen LogP contribution in [0.5, 0.6) is 5.75 Å². The molecule has 2 aromatic carbocycles. The van der Waals surface area contributed by atoms with Gasteiger partial charge in [0.1, 0.15) is 5.75 Å². The van der Waals surface area contributed by atoms with E-state index in [1.54, 1.807) is 25.7 Å². The standard InChI is InChI=1S/C22H22N4O2/c1-28-21-13-15(6-9-20(21)26-11-10-24-14-26)12-18(23)22(27)25-19-8-7-16-4-2-3-5-17(16)19/h2-6,9-14,19H,7-8,23H2,1H3,(H,25,27)/b18-12-.